The van der Waals surface area contributed by atoms with Gasteiger partial charge in [0.25, 0.3) is 5.91 Å². The van der Waals surface area contributed by atoms with Gasteiger partial charge in [-0.05, 0) is 44.0 Å². The number of hydrogen-bond donors (Lipinski definition) is 1. The molecule has 1 saturated heterocycles. The van der Waals surface area contributed by atoms with Gasteiger partial charge < -0.3 is 5.32 Å². The lowest BCUT2D eigenvalue weighted by Crippen LogP contribution is -2.52. The van der Waals surface area contributed by atoms with Crippen LogP contribution in [0.25, 0.3) is 0 Å². The molecule has 0 unspecified atom stereocenters. The number of sulfonamides is 1. The molecule has 0 bridgehead atoms. The highest BCUT2D eigenvalue weighted by atomic mass is 32.2. The second-order valence-corrected chi connectivity index (χ2v) is 9.96. The molecule has 8 heteroatoms. The smallest absolute Gasteiger partial charge is 0.272 e. The fourth-order valence-electron chi connectivity index (χ4n) is 4.43. The van der Waals surface area contributed by atoms with Crippen LogP contribution in [0.15, 0.2) is 46.3 Å². The number of halogens is 1. The third-order valence-electron chi connectivity index (χ3n) is 5.74. The Hall–Kier alpha value is -2.58. The van der Waals surface area contributed by atoms with Gasteiger partial charge in [-0.15, -0.1) is 0 Å². The van der Waals surface area contributed by atoms with Crippen molar-refractivity contribution in [2.24, 2.45) is 4.99 Å². The molecule has 1 spiro atoms. The van der Waals surface area contributed by atoms with Crippen LogP contribution >= 0.6 is 0 Å². The summed E-state index contributed by atoms with van der Waals surface area (Å²) in [5, 5.41) is 2.89. The maximum atomic E-state index is 13.6. The molecule has 2 heterocycles. The summed E-state index contributed by atoms with van der Waals surface area (Å²) >= 11 is 0. The zero-order valence-electron chi connectivity index (χ0n) is 17.2. The lowest BCUT2D eigenvalue weighted by Gasteiger charge is -2.36. The molecular weight excluding hydrogens is 405 g/mol. The zero-order chi connectivity index (χ0) is 21.7. The van der Waals surface area contributed by atoms with Gasteiger partial charge in [-0.1, -0.05) is 29.8 Å². The number of aliphatic imine (C=N–C) groups is 1. The number of amides is 1. The summed E-state index contributed by atoms with van der Waals surface area (Å²) < 4.78 is 41.6. The molecule has 2 aliphatic heterocycles. The van der Waals surface area contributed by atoms with E-state index >= 15 is 0 Å². The summed E-state index contributed by atoms with van der Waals surface area (Å²) in [6, 6.07) is 9.51. The van der Waals surface area contributed by atoms with Crippen LogP contribution in [-0.4, -0.2) is 43.1 Å². The first-order valence-corrected chi connectivity index (χ1v) is 11.3. The Balaban J connectivity index is 1.58. The summed E-state index contributed by atoms with van der Waals surface area (Å²) in [5.74, 6) is -0.796. The second-order valence-electron chi connectivity index (χ2n) is 8.09. The minimum atomic E-state index is -3.65. The predicted molar refractivity (Wildman–Crippen MR) is 112 cm³/mol. The Labute approximate surface area is 175 Å². The molecule has 2 aliphatic rings. The Morgan fingerprint density at radius 2 is 1.70 bits per heavy atom. The third-order valence-corrected chi connectivity index (χ3v) is 7.94. The molecule has 0 saturated carbocycles. The van der Waals surface area contributed by atoms with Crippen molar-refractivity contribution in [2.45, 2.75) is 44.2 Å². The Morgan fingerprint density at radius 3 is 2.30 bits per heavy atom. The topological polar surface area (TPSA) is 78.8 Å². The lowest BCUT2D eigenvalue weighted by atomic mass is 10.00. The van der Waals surface area contributed by atoms with Crippen molar-refractivity contribution in [2.75, 3.05) is 13.1 Å². The largest absolute Gasteiger partial charge is 0.326 e. The molecule has 0 aliphatic carbocycles. The molecule has 6 nitrogen and oxygen atoms in total. The molecule has 2 aromatic carbocycles. The number of nitrogens with one attached hydrogen (secondary N) is 1. The number of carbonyl (C=O) groups excluding carboxylic acids is 1. The molecule has 0 aromatic heterocycles. The average molecular weight is 430 g/mol. The normalized spacial score (nSPS) is 19.1. The predicted octanol–water partition coefficient (Wildman–Crippen LogP) is 2.85. The van der Waals surface area contributed by atoms with Gasteiger partial charge in [-0.3, -0.25) is 9.79 Å². The molecule has 2 aromatic rings. The van der Waals surface area contributed by atoms with Crippen LogP contribution in [0.1, 0.15) is 35.1 Å². The van der Waals surface area contributed by atoms with Gasteiger partial charge >= 0.3 is 0 Å². The standard InChI is InChI=1S/C22H24FN3O3S/c1-14-11-15(2)20(16(3)12-14)30(28,29)26-9-7-22(8-10-26)24-19(21(27)25-22)17-5-4-6-18(23)13-17/h4-6,11-13H,7-10H2,1-3H3,(H,25,27). The van der Waals surface area contributed by atoms with E-state index < -0.39 is 21.5 Å². The second kappa shape index (κ2) is 7.28. The fourth-order valence-corrected chi connectivity index (χ4v) is 6.28. The van der Waals surface area contributed by atoms with Crippen molar-refractivity contribution in [3.05, 3.63) is 64.5 Å². The molecule has 30 heavy (non-hydrogen) atoms. The van der Waals surface area contributed by atoms with Crippen molar-refractivity contribution < 1.29 is 17.6 Å². The van der Waals surface area contributed by atoms with Crippen LogP contribution in [0.5, 0.6) is 0 Å². The first-order valence-electron chi connectivity index (χ1n) is 9.88. The van der Waals surface area contributed by atoms with E-state index in [1.165, 1.54) is 22.5 Å². The van der Waals surface area contributed by atoms with E-state index in [2.05, 4.69) is 10.3 Å². The summed E-state index contributed by atoms with van der Waals surface area (Å²) in [7, 11) is -3.65. The van der Waals surface area contributed by atoms with Gasteiger partial charge in [0.05, 0.1) is 4.90 Å². The van der Waals surface area contributed by atoms with Crippen LogP contribution < -0.4 is 5.32 Å². The van der Waals surface area contributed by atoms with Crippen LogP contribution in [0.2, 0.25) is 0 Å². The number of piperidine rings is 1. The summed E-state index contributed by atoms with van der Waals surface area (Å²) in [6.07, 6.45) is 0.724. The van der Waals surface area contributed by atoms with E-state index in [-0.39, 0.29) is 24.7 Å². The van der Waals surface area contributed by atoms with E-state index in [1.54, 1.807) is 6.07 Å². The van der Waals surface area contributed by atoms with Gasteiger partial charge in [-0.25, -0.2) is 12.8 Å². The van der Waals surface area contributed by atoms with E-state index in [4.69, 9.17) is 0 Å². The SMILES string of the molecule is Cc1cc(C)c(S(=O)(=O)N2CCC3(CC2)N=C(c2cccc(F)c2)C(=O)N3)c(C)c1. The minimum Gasteiger partial charge on any atom is -0.326 e. The number of hydrogen-bond acceptors (Lipinski definition) is 4. The zero-order valence-corrected chi connectivity index (χ0v) is 18.0. The van der Waals surface area contributed by atoms with Gasteiger partial charge in [0.15, 0.2) is 0 Å². The molecule has 4 rings (SSSR count). The first kappa shape index (κ1) is 20.7. The molecular formula is C22H24FN3O3S. The monoisotopic (exact) mass is 429 g/mol. The van der Waals surface area contributed by atoms with E-state index in [1.807, 2.05) is 32.9 Å². The maximum Gasteiger partial charge on any atom is 0.272 e. The molecule has 1 amide bonds. The quantitative estimate of drug-likeness (QED) is 0.815. The number of benzene rings is 2. The average Bonchev–Trinajstić information content (AvgIpc) is 2.97. The number of carbonyl (C=O) groups is 1. The summed E-state index contributed by atoms with van der Waals surface area (Å²) in [4.78, 5) is 17.4. The number of rotatable bonds is 3. The van der Waals surface area contributed by atoms with Gasteiger partial charge in [0, 0.05) is 31.5 Å². The summed E-state index contributed by atoms with van der Waals surface area (Å²) in [5.41, 5.74) is 2.25. The van der Waals surface area contributed by atoms with Gasteiger partial charge in [0.1, 0.15) is 17.2 Å². The van der Waals surface area contributed by atoms with Crippen molar-refractivity contribution in [1.29, 1.82) is 0 Å². The molecule has 1 N–H and O–H groups in total. The Morgan fingerprint density at radius 1 is 1.07 bits per heavy atom. The molecule has 158 valence electrons. The van der Waals surface area contributed by atoms with E-state index in [9.17, 15) is 17.6 Å². The van der Waals surface area contributed by atoms with E-state index in [0.717, 1.165) is 16.7 Å². The van der Waals surface area contributed by atoms with E-state index in [0.29, 0.717) is 23.3 Å². The van der Waals surface area contributed by atoms with Gasteiger partial charge in [-0.2, -0.15) is 4.31 Å². The van der Waals surface area contributed by atoms with Crippen molar-refractivity contribution in [3.8, 4) is 0 Å². The Bertz CT molecular complexity index is 1140. The fraction of sp³-hybridized carbons (Fsp3) is 0.364. The van der Waals surface area contributed by atoms with Crippen LogP contribution in [-0.2, 0) is 14.8 Å². The maximum absolute atomic E-state index is 13.6. The van der Waals surface area contributed by atoms with Crippen molar-refractivity contribution in [3.63, 3.8) is 0 Å². The molecule has 1 fully saturated rings. The van der Waals surface area contributed by atoms with Crippen molar-refractivity contribution in [1.82, 2.24) is 9.62 Å². The highest BCUT2D eigenvalue weighted by Crippen LogP contribution is 2.33. The first-order chi connectivity index (χ1) is 14.1. The summed E-state index contributed by atoms with van der Waals surface area (Å²) in [6.45, 7) is 6.05. The van der Waals surface area contributed by atoms with Crippen LogP contribution in [0.3, 0.4) is 0 Å². The third kappa shape index (κ3) is 3.54. The highest BCUT2D eigenvalue weighted by Gasteiger charge is 2.44. The number of nitrogens with zero attached hydrogens (tertiary/aromatic N) is 2. The minimum absolute atomic E-state index is 0.191. The van der Waals surface area contributed by atoms with Crippen LogP contribution in [0, 0.1) is 26.6 Å². The number of aryl methyl sites for hydroxylation is 3. The Kier molecular flexibility index (Phi) is 5.02. The van der Waals surface area contributed by atoms with Gasteiger partial charge in [0.2, 0.25) is 10.0 Å². The van der Waals surface area contributed by atoms with Crippen LogP contribution in [0.4, 0.5) is 4.39 Å². The van der Waals surface area contributed by atoms with Crippen molar-refractivity contribution >= 4 is 21.6 Å². The highest BCUT2D eigenvalue weighted by molar-refractivity contribution is 7.89. The molecule has 0 radical (unpaired) electrons. The lowest BCUT2D eigenvalue weighted by molar-refractivity contribution is -0.115. The molecule has 0 atom stereocenters.